The van der Waals surface area contributed by atoms with E-state index < -0.39 is 53.0 Å². The predicted molar refractivity (Wildman–Crippen MR) is 191 cm³/mol. The van der Waals surface area contributed by atoms with Gasteiger partial charge in [-0.15, -0.1) is 0 Å². The van der Waals surface area contributed by atoms with E-state index in [0.717, 1.165) is 22.3 Å². The normalized spacial score (nSPS) is 18.4. The number of carbonyl (C=O) groups is 1. The maximum absolute atomic E-state index is 14.3. The third-order valence-electron chi connectivity index (χ3n) is 9.79. The number of aliphatic hydroxyl groups excluding tert-OH is 2. The van der Waals surface area contributed by atoms with E-state index in [1.807, 2.05) is 92.8 Å². The minimum atomic E-state index is -2.34. The molecule has 6 rings (SSSR count). The number of halogens is 5. The maximum atomic E-state index is 14.3. The van der Waals surface area contributed by atoms with Crippen LogP contribution in [0, 0.1) is 29.1 Å². The molecule has 1 aliphatic heterocycles. The zero-order valence-electron chi connectivity index (χ0n) is 29.5. The average Bonchev–Trinajstić information content (AvgIpc) is 3.21. The summed E-state index contributed by atoms with van der Waals surface area (Å²) in [5.41, 5.74) is 3.56. The number of likely N-dealkylation sites (N-methyl/N-ethyl adjacent to an activating group) is 1. The Balaban J connectivity index is 1.20. The van der Waals surface area contributed by atoms with E-state index >= 15 is 0 Å². The highest BCUT2D eigenvalue weighted by Gasteiger charge is 2.34. The van der Waals surface area contributed by atoms with Crippen LogP contribution >= 0.6 is 0 Å². The van der Waals surface area contributed by atoms with Crippen LogP contribution in [0.2, 0.25) is 0 Å². The lowest BCUT2D eigenvalue weighted by Gasteiger charge is -2.39. The van der Waals surface area contributed by atoms with Gasteiger partial charge in [-0.05, 0) is 47.4 Å². The highest BCUT2D eigenvalue weighted by Crippen LogP contribution is 2.39. The number of rotatable bonds is 12. The van der Waals surface area contributed by atoms with Gasteiger partial charge in [-0.1, -0.05) is 103 Å². The fourth-order valence-electron chi connectivity index (χ4n) is 6.53. The molecule has 5 aromatic rings. The molecule has 0 radical (unpaired) electrons. The number of benzene rings is 5. The first-order valence-corrected chi connectivity index (χ1v) is 17.4. The number of ether oxygens (including phenoxy) is 2. The van der Waals surface area contributed by atoms with Crippen molar-refractivity contribution in [2.24, 2.45) is 0 Å². The van der Waals surface area contributed by atoms with Crippen molar-refractivity contribution in [3.8, 4) is 11.1 Å². The molecular weight excluding hydrogens is 707 g/mol. The SMILES string of the molecule is C[C@H]([C@@H](O)c1ccccc1)N(C)C[C@@H]1C[C@H](c2ccc(CO)cc2)O[C@H](c2ccc(-c3ccccc3CNC(=O)c3c(F)c(F)c(F)c(F)c3F)cc2)O1. The molecule has 0 unspecified atom stereocenters. The van der Waals surface area contributed by atoms with Crippen molar-refractivity contribution in [3.05, 3.63) is 166 Å². The monoisotopic (exact) mass is 746 g/mol. The summed E-state index contributed by atoms with van der Waals surface area (Å²) < 4.78 is 82.5. The van der Waals surface area contributed by atoms with Crippen LogP contribution in [-0.2, 0) is 22.6 Å². The molecule has 0 aromatic heterocycles. The summed E-state index contributed by atoms with van der Waals surface area (Å²) in [4.78, 5) is 14.7. The van der Waals surface area contributed by atoms with Crippen LogP contribution in [0.3, 0.4) is 0 Å². The van der Waals surface area contributed by atoms with E-state index in [1.165, 1.54) is 0 Å². The zero-order chi connectivity index (χ0) is 38.5. The van der Waals surface area contributed by atoms with Crippen molar-refractivity contribution in [2.75, 3.05) is 13.6 Å². The summed E-state index contributed by atoms with van der Waals surface area (Å²) in [5.74, 6) is -12.6. The largest absolute Gasteiger partial charge is 0.392 e. The predicted octanol–water partition coefficient (Wildman–Crippen LogP) is 8.07. The topological polar surface area (TPSA) is 91.3 Å². The van der Waals surface area contributed by atoms with Gasteiger partial charge in [-0.3, -0.25) is 9.69 Å². The molecule has 54 heavy (non-hydrogen) atoms. The van der Waals surface area contributed by atoms with Gasteiger partial charge in [0.25, 0.3) is 5.91 Å². The molecule has 1 saturated heterocycles. The molecule has 7 nitrogen and oxygen atoms in total. The molecule has 5 aromatic carbocycles. The van der Waals surface area contributed by atoms with Gasteiger partial charge < -0.3 is 25.0 Å². The standard InChI is InChI=1S/C42H39F5N2O5/c1-24(40(51)28-8-4-3-5-9-28)49(2)22-31-20-33(27-14-12-25(23-50)13-15-27)54-42(53-31)29-18-16-26(17-19-29)32-11-7-6-10-30(32)21-48-41(52)34-35(43)37(45)39(47)38(46)36(34)44/h3-19,24,31,33,40,42,50-51H,20-23H2,1-2H3,(H,48,52)/t24-,31+,33-,40-,42-/m1/s1. The number of nitrogens with one attached hydrogen (secondary N) is 1. The molecule has 1 amide bonds. The zero-order valence-corrected chi connectivity index (χ0v) is 29.5. The second-order valence-corrected chi connectivity index (χ2v) is 13.3. The fraction of sp³-hybridized carbons (Fsp3) is 0.262. The highest BCUT2D eigenvalue weighted by atomic mass is 19.2. The van der Waals surface area contributed by atoms with Crippen molar-refractivity contribution in [1.82, 2.24) is 10.2 Å². The minimum Gasteiger partial charge on any atom is -0.392 e. The van der Waals surface area contributed by atoms with E-state index in [9.17, 15) is 37.0 Å². The molecule has 1 fully saturated rings. The average molecular weight is 747 g/mol. The van der Waals surface area contributed by atoms with Crippen molar-refractivity contribution in [1.29, 1.82) is 0 Å². The second kappa shape index (κ2) is 17.0. The van der Waals surface area contributed by atoms with E-state index in [0.29, 0.717) is 29.7 Å². The number of amides is 1. The quantitative estimate of drug-likeness (QED) is 0.0680. The van der Waals surface area contributed by atoms with Gasteiger partial charge in [0, 0.05) is 31.1 Å². The summed E-state index contributed by atoms with van der Waals surface area (Å²) in [5, 5.41) is 22.9. The van der Waals surface area contributed by atoms with Gasteiger partial charge in [-0.25, -0.2) is 22.0 Å². The van der Waals surface area contributed by atoms with Gasteiger partial charge in [0.15, 0.2) is 29.6 Å². The molecule has 0 spiro atoms. The number of hydrogen-bond acceptors (Lipinski definition) is 6. The molecular formula is C42H39F5N2O5. The van der Waals surface area contributed by atoms with Crippen LogP contribution < -0.4 is 5.32 Å². The molecule has 282 valence electrons. The molecule has 1 heterocycles. The van der Waals surface area contributed by atoms with Gasteiger partial charge >= 0.3 is 0 Å². The Kier molecular flexibility index (Phi) is 12.2. The van der Waals surface area contributed by atoms with Crippen LogP contribution in [-0.4, -0.2) is 46.8 Å². The Morgan fingerprint density at radius 1 is 0.796 bits per heavy atom. The first kappa shape index (κ1) is 38.7. The van der Waals surface area contributed by atoms with E-state index in [-0.39, 0.29) is 31.4 Å². The lowest BCUT2D eigenvalue weighted by atomic mass is 9.97. The molecule has 12 heteroatoms. The lowest BCUT2D eigenvalue weighted by molar-refractivity contribution is -0.253. The first-order chi connectivity index (χ1) is 26.0. The molecule has 0 bridgehead atoms. The van der Waals surface area contributed by atoms with Gasteiger partial charge in [0.2, 0.25) is 5.82 Å². The summed E-state index contributed by atoms with van der Waals surface area (Å²) in [6.07, 6.45) is -1.57. The van der Waals surface area contributed by atoms with E-state index in [2.05, 4.69) is 10.2 Å². The Bertz CT molecular complexity index is 2040. The van der Waals surface area contributed by atoms with Crippen LogP contribution in [0.1, 0.15) is 70.0 Å². The third kappa shape index (κ3) is 8.38. The molecule has 3 N–H and O–H groups in total. The van der Waals surface area contributed by atoms with Gasteiger partial charge in [0.05, 0.1) is 24.9 Å². The van der Waals surface area contributed by atoms with Gasteiger partial charge in [0.1, 0.15) is 5.56 Å². The fourth-order valence-corrected chi connectivity index (χ4v) is 6.53. The summed E-state index contributed by atoms with van der Waals surface area (Å²) in [6.45, 7) is 2.10. The van der Waals surface area contributed by atoms with E-state index in [4.69, 9.17) is 9.47 Å². The number of carbonyl (C=O) groups excluding carboxylic acids is 1. The molecule has 0 saturated carbocycles. The van der Waals surface area contributed by atoms with Crippen LogP contribution in [0.15, 0.2) is 103 Å². The van der Waals surface area contributed by atoms with Crippen LogP contribution in [0.5, 0.6) is 0 Å². The number of aliphatic hydroxyl groups is 2. The van der Waals surface area contributed by atoms with E-state index in [1.54, 1.807) is 24.3 Å². The smallest absolute Gasteiger partial charge is 0.257 e. The molecule has 0 aliphatic carbocycles. The summed E-state index contributed by atoms with van der Waals surface area (Å²) in [6, 6.07) is 31.0. The molecule has 1 aliphatic rings. The summed E-state index contributed by atoms with van der Waals surface area (Å²) >= 11 is 0. The second-order valence-electron chi connectivity index (χ2n) is 13.3. The van der Waals surface area contributed by atoms with Crippen LogP contribution in [0.4, 0.5) is 22.0 Å². The van der Waals surface area contributed by atoms with Crippen molar-refractivity contribution >= 4 is 5.91 Å². The van der Waals surface area contributed by atoms with Crippen molar-refractivity contribution in [3.63, 3.8) is 0 Å². The van der Waals surface area contributed by atoms with Crippen molar-refractivity contribution < 1.29 is 46.4 Å². The Labute approximate surface area is 309 Å². The summed E-state index contributed by atoms with van der Waals surface area (Å²) in [7, 11) is 1.94. The number of hydrogen-bond donors (Lipinski definition) is 3. The highest BCUT2D eigenvalue weighted by molar-refractivity contribution is 5.95. The van der Waals surface area contributed by atoms with Crippen molar-refractivity contribution in [2.45, 2.75) is 57.1 Å². The Morgan fingerprint density at radius 3 is 2.04 bits per heavy atom. The van der Waals surface area contributed by atoms with Gasteiger partial charge in [-0.2, -0.15) is 0 Å². The minimum absolute atomic E-state index is 0.0836. The van der Waals surface area contributed by atoms with Crippen LogP contribution in [0.25, 0.3) is 11.1 Å². The Morgan fingerprint density at radius 2 is 1.39 bits per heavy atom. The molecule has 5 atom stereocenters. The first-order valence-electron chi connectivity index (χ1n) is 17.4. The lowest BCUT2D eigenvalue weighted by Crippen LogP contribution is -2.43. The number of nitrogens with zero attached hydrogens (tertiary/aromatic N) is 1. The third-order valence-corrected chi connectivity index (χ3v) is 9.79. The maximum Gasteiger partial charge on any atom is 0.257 e. The Hall–Kier alpha value is -4.98.